The van der Waals surface area contributed by atoms with Crippen LogP contribution in [0, 0.1) is 11.3 Å². The molecule has 1 aliphatic heterocycles. The molecule has 2 amide bonds. The molecule has 6 heteroatoms. The van der Waals surface area contributed by atoms with Crippen LogP contribution in [0.2, 0.25) is 5.02 Å². The molecule has 0 bridgehead atoms. The van der Waals surface area contributed by atoms with Crippen LogP contribution in [0.5, 0.6) is 0 Å². The van der Waals surface area contributed by atoms with E-state index >= 15 is 0 Å². The van der Waals surface area contributed by atoms with Crippen LogP contribution >= 0.6 is 11.6 Å². The monoisotopic (exact) mass is 359 g/mol. The average molecular weight is 360 g/mol. The van der Waals surface area contributed by atoms with E-state index in [1.807, 2.05) is 9.80 Å². The maximum Gasteiger partial charge on any atom is 0.256 e. The number of hydrogen-bond acceptors (Lipinski definition) is 3. The number of amides is 2. The molecule has 4 aliphatic rings. The molecule has 132 valence electrons. The van der Waals surface area contributed by atoms with Crippen LogP contribution in [0.1, 0.15) is 48.9 Å². The van der Waals surface area contributed by atoms with E-state index in [0.717, 1.165) is 25.7 Å². The number of pyridine rings is 1. The minimum absolute atomic E-state index is 0.00751. The smallest absolute Gasteiger partial charge is 0.256 e. The summed E-state index contributed by atoms with van der Waals surface area (Å²) in [5, 5.41) is 0.478. The Labute approximate surface area is 152 Å². The van der Waals surface area contributed by atoms with Crippen LogP contribution < -0.4 is 0 Å². The highest BCUT2D eigenvalue weighted by Gasteiger charge is 2.67. The zero-order valence-electron chi connectivity index (χ0n) is 14.2. The molecule has 1 unspecified atom stereocenters. The van der Waals surface area contributed by atoms with Gasteiger partial charge >= 0.3 is 0 Å². The van der Waals surface area contributed by atoms with Gasteiger partial charge in [-0.05, 0) is 50.0 Å². The Kier molecular flexibility index (Phi) is 3.25. The van der Waals surface area contributed by atoms with Gasteiger partial charge in [0.25, 0.3) is 5.91 Å². The fourth-order valence-corrected chi connectivity index (χ4v) is 4.98. The van der Waals surface area contributed by atoms with Gasteiger partial charge in [0, 0.05) is 37.9 Å². The van der Waals surface area contributed by atoms with Crippen molar-refractivity contribution in [2.45, 2.75) is 44.1 Å². The molecule has 4 fully saturated rings. The molecular formula is C19H22ClN3O2. The van der Waals surface area contributed by atoms with Crippen molar-refractivity contribution >= 4 is 23.4 Å². The Morgan fingerprint density at radius 3 is 2.56 bits per heavy atom. The maximum absolute atomic E-state index is 13.0. The van der Waals surface area contributed by atoms with Crippen LogP contribution in [0.3, 0.4) is 0 Å². The van der Waals surface area contributed by atoms with Crippen molar-refractivity contribution in [3.63, 3.8) is 0 Å². The van der Waals surface area contributed by atoms with Crippen molar-refractivity contribution < 1.29 is 9.59 Å². The molecule has 5 nitrogen and oxygen atoms in total. The van der Waals surface area contributed by atoms with E-state index in [2.05, 4.69) is 4.98 Å². The fourth-order valence-electron chi connectivity index (χ4n) is 4.81. The van der Waals surface area contributed by atoms with Gasteiger partial charge < -0.3 is 9.80 Å². The number of hydrogen-bond donors (Lipinski definition) is 0. The number of rotatable bonds is 2. The molecule has 3 saturated carbocycles. The third-order valence-electron chi connectivity index (χ3n) is 6.82. The van der Waals surface area contributed by atoms with Crippen molar-refractivity contribution in [1.82, 2.24) is 14.8 Å². The molecule has 25 heavy (non-hydrogen) atoms. The molecule has 1 aromatic heterocycles. The molecule has 2 spiro atoms. The van der Waals surface area contributed by atoms with Gasteiger partial charge in [-0.25, -0.2) is 0 Å². The number of carbonyl (C=O) groups excluding carboxylic acids is 2. The van der Waals surface area contributed by atoms with E-state index in [0.29, 0.717) is 41.5 Å². The Morgan fingerprint density at radius 1 is 1.16 bits per heavy atom. The Balaban J connectivity index is 1.34. The summed E-state index contributed by atoms with van der Waals surface area (Å²) in [6, 6.07) is 1.68. The van der Waals surface area contributed by atoms with Gasteiger partial charge in [-0.1, -0.05) is 11.6 Å². The van der Waals surface area contributed by atoms with Crippen LogP contribution in [-0.4, -0.2) is 51.8 Å². The number of nitrogens with zero attached hydrogens (tertiary/aromatic N) is 3. The van der Waals surface area contributed by atoms with Gasteiger partial charge in [0.2, 0.25) is 5.91 Å². The summed E-state index contributed by atoms with van der Waals surface area (Å²) in [6.07, 6.45) is 9.75. The zero-order chi connectivity index (χ0) is 17.2. The van der Waals surface area contributed by atoms with Crippen LogP contribution in [-0.2, 0) is 4.79 Å². The molecule has 0 N–H and O–H groups in total. The van der Waals surface area contributed by atoms with Gasteiger partial charge in [-0.3, -0.25) is 14.6 Å². The molecule has 1 aromatic rings. The lowest BCUT2D eigenvalue weighted by molar-refractivity contribution is -0.140. The van der Waals surface area contributed by atoms with E-state index in [4.69, 9.17) is 11.6 Å². The Morgan fingerprint density at radius 2 is 1.96 bits per heavy atom. The van der Waals surface area contributed by atoms with Gasteiger partial charge in [-0.15, -0.1) is 0 Å². The summed E-state index contributed by atoms with van der Waals surface area (Å²) in [5.74, 6) is 0.594. The minimum atomic E-state index is -0.182. The maximum atomic E-state index is 13.0. The summed E-state index contributed by atoms with van der Waals surface area (Å²) in [6.45, 7) is 1.95. The number of halogens is 1. The molecule has 1 saturated heterocycles. The van der Waals surface area contributed by atoms with Crippen LogP contribution in [0.15, 0.2) is 18.5 Å². The predicted octanol–water partition coefficient (Wildman–Crippen LogP) is 2.74. The Bertz CT molecular complexity index is 757. The topological polar surface area (TPSA) is 53.5 Å². The first-order valence-corrected chi connectivity index (χ1v) is 9.62. The molecule has 0 radical (unpaired) electrons. The van der Waals surface area contributed by atoms with E-state index in [-0.39, 0.29) is 17.4 Å². The Hall–Kier alpha value is -1.62. The lowest BCUT2D eigenvalue weighted by atomic mass is 9.73. The van der Waals surface area contributed by atoms with Gasteiger partial charge in [-0.2, -0.15) is 0 Å². The molecule has 3 aliphatic carbocycles. The van der Waals surface area contributed by atoms with Crippen molar-refractivity contribution in [2.75, 3.05) is 19.6 Å². The summed E-state index contributed by atoms with van der Waals surface area (Å²) < 4.78 is 0. The first-order valence-electron chi connectivity index (χ1n) is 9.24. The van der Waals surface area contributed by atoms with E-state index in [1.54, 1.807) is 12.3 Å². The molecule has 0 aromatic carbocycles. The fraction of sp³-hybridized carbons (Fsp3) is 0.632. The van der Waals surface area contributed by atoms with Crippen molar-refractivity contribution in [2.24, 2.45) is 11.3 Å². The second kappa shape index (κ2) is 5.19. The highest BCUT2D eigenvalue weighted by molar-refractivity contribution is 6.30. The van der Waals surface area contributed by atoms with Crippen molar-refractivity contribution in [1.29, 1.82) is 0 Å². The largest absolute Gasteiger partial charge is 0.338 e. The summed E-state index contributed by atoms with van der Waals surface area (Å²) >= 11 is 6.00. The average Bonchev–Trinajstić information content (AvgIpc) is 3.51. The lowest BCUT2D eigenvalue weighted by Crippen LogP contribution is -2.67. The predicted molar refractivity (Wildman–Crippen MR) is 93.2 cm³/mol. The standard InChI is InChI=1S/C19H22ClN3O2/c20-14-8-13(10-21-11-14)16(24)23-7-6-22(12-19(23)2-1-3-19)17(25)15-9-18(15)4-5-18/h8,10-11,15H,1-7,9,12H2. The third kappa shape index (κ3) is 2.39. The molecular weight excluding hydrogens is 338 g/mol. The number of aromatic nitrogens is 1. The van der Waals surface area contributed by atoms with E-state index in [9.17, 15) is 9.59 Å². The molecule has 5 rings (SSSR count). The third-order valence-corrected chi connectivity index (χ3v) is 7.03. The first kappa shape index (κ1) is 15.6. The quantitative estimate of drug-likeness (QED) is 0.815. The molecule has 2 heterocycles. The van der Waals surface area contributed by atoms with E-state index in [1.165, 1.54) is 19.0 Å². The molecule has 1 atom stereocenters. The van der Waals surface area contributed by atoms with Crippen LogP contribution in [0.25, 0.3) is 0 Å². The minimum Gasteiger partial charge on any atom is -0.338 e. The van der Waals surface area contributed by atoms with Crippen molar-refractivity contribution in [3.8, 4) is 0 Å². The van der Waals surface area contributed by atoms with Crippen LogP contribution in [0.4, 0.5) is 0 Å². The first-order chi connectivity index (χ1) is 12.0. The van der Waals surface area contributed by atoms with Gasteiger partial charge in [0.15, 0.2) is 0 Å². The second-order valence-electron chi connectivity index (χ2n) is 8.31. The second-order valence-corrected chi connectivity index (χ2v) is 8.74. The normalized spacial score (nSPS) is 28.0. The number of piperazine rings is 1. The number of carbonyl (C=O) groups is 2. The SMILES string of the molecule is O=C(C1CC12CC2)N1CCN(C(=O)c2cncc(Cl)c2)C2(CCC2)C1. The lowest BCUT2D eigenvalue weighted by Gasteiger charge is -2.56. The van der Waals surface area contributed by atoms with E-state index < -0.39 is 0 Å². The highest BCUT2D eigenvalue weighted by atomic mass is 35.5. The van der Waals surface area contributed by atoms with Gasteiger partial charge in [0.1, 0.15) is 0 Å². The summed E-state index contributed by atoms with van der Waals surface area (Å²) in [5.41, 5.74) is 0.750. The van der Waals surface area contributed by atoms with Gasteiger partial charge in [0.05, 0.1) is 16.1 Å². The summed E-state index contributed by atoms with van der Waals surface area (Å²) in [4.78, 5) is 33.9. The zero-order valence-corrected chi connectivity index (χ0v) is 15.0. The van der Waals surface area contributed by atoms with Crippen molar-refractivity contribution in [3.05, 3.63) is 29.0 Å². The highest BCUT2D eigenvalue weighted by Crippen LogP contribution is 2.71. The summed E-state index contributed by atoms with van der Waals surface area (Å²) in [7, 11) is 0.